The summed E-state index contributed by atoms with van der Waals surface area (Å²) in [6.45, 7) is 3.69. The zero-order valence-electron chi connectivity index (χ0n) is 18.5. The van der Waals surface area contributed by atoms with Crippen molar-refractivity contribution in [1.82, 2.24) is 9.88 Å². The zero-order chi connectivity index (χ0) is 23.8. The van der Waals surface area contributed by atoms with Crippen LogP contribution >= 0.6 is 0 Å². The van der Waals surface area contributed by atoms with Crippen LogP contribution in [0.3, 0.4) is 0 Å². The van der Waals surface area contributed by atoms with Gasteiger partial charge in [-0.05, 0) is 54.3 Å². The quantitative estimate of drug-likeness (QED) is 0.535. The molecule has 4 rings (SSSR count). The van der Waals surface area contributed by atoms with Gasteiger partial charge in [0.15, 0.2) is 0 Å². The van der Waals surface area contributed by atoms with Crippen LogP contribution in [0.5, 0.6) is 5.75 Å². The van der Waals surface area contributed by atoms with Crippen molar-refractivity contribution < 1.29 is 22.7 Å². The van der Waals surface area contributed by atoms with Gasteiger partial charge in [0, 0.05) is 6.20 Å². The maximum atomic E-state index is 13.3. The summed E-state index contributed by atoms with van der Waals surface area (Å²) < 4.78 is 34.7. The Morgan fingerprint density at radius 2 is 1.85 bits per heavy atom. The molecule has 1 N–H and O–H groups in total. The molecule has 0 aliphatic carbocycles. The Bertz CT molecular complexity index is 1330. The lowest BCUT2D eigenvalue weighted by Gasteiger charge is -2.18. The largest absolute Gasteiger partial charge is 0.495 e. The minimum absolute atomic E-state index is 0.0810. The lowest BCUT2D eigenvalue weighted by Crippen LogP contribution is -2.29. The van der Waals surface area contributed by atoms with Crippen LogP contribution < -0.4 is 9.46 Å². The summed E-state index contributed by atoms with van der Waals surface area (Å²) in [5.74, 6) is -0.822. The van der Waals surface area contributed by atoms with E-state index >= 15 is 0 Å². The van der Waals surface area contributed by atoms with Crippen molar-refractivity contribution in [2.24, 2.45) is 0 Å². The van der Waals surface area contributed by atoms with Crippen molar-refractivity contribution in [3.63, 3.8) is 0 Å². The number of methoxy groups -OCH3 is 1. The van der Waals surface area contributed by atoms with E-state index in [1.165, 1.54) is 25.4 Å². The molecule has 1 aliphatic rings. The van der Waals surface area contributed by atoms with Gasteiger partial charge < -0.3 is 4.74 Å². The van der Waals surface area contributed by atoms with Crippen molar-refractivity contribution in [3.8, 4) is 5.75 Å². The summed E-state index contributed by atoms with van der Waals surface area (Å²) >= 11 is 0. The molecule has 0 spiro atoms. The first kappa shape index (κ1) is 22.5. The number of ether oxygens (including phenoxy) is 1. The average Bonchev–Trinajstić information content (AvgIpc) is 3.05. The number of fused-ring (bicyclic) bond motifs is 1. The van der Waals surface area contributed by atoms with Crippen LogP contribution in [-0.2, 0) is 23.0 Å². The van der Waals surface area contributed by atoms with E-state index < -0.39 is 21.8 Å². The number of imide groups is 1. The normalized spacial score (nSPS) is 13.2. The molecule has 3 aromatic rings. The van der Waals surface area contributed by atoms with E-state index in [9.17, 15) is 18.0 Å². The van der Waals surface area contributed by atoms with E-state index in [1.54, 1.807) is 18.2 Å². The monoisotopic (exact) mass is 465 g/mol. The van der Waals surface area contributed by atoms with Crippen molar-refractivity contribution in [2.45, 2.75) is 31.7 Å². The number of sulfonamides is 1. The molecule has 0 saturated carbocycles. The Morgan fingerprint density at radius 1 is 1.06 bits per heavy atom. The molecule has 2 amide bonds. The number of nitrogens with zero attached hydrogens (tertiary/aromatic N) is 2. The van der Waals surface area contributed by atoms with Crippen molar-refractivity contribution in [3.05, 3.63) is 82.7 Å². The number of aryl methyl sites for hydroxylation is 2. The lowest BCUT2D eigenvalue weighted by molar-refractivity contribution is 0.0640. The van der Waals surface area contributed by atoms with E-state index in [1.807, 2.05) is 32.0 Å². The zero-order valence-corrected chi connectivity index (χ0v) is 19.3. The number of anilines is 1. The Labute approximate surface area is 192 Å². The highest BCUT2D eigenvalue weighted by Gasteiger charge is 2.36. The SMILES string of the molecule is CCc1cccc(C)c1NS(=O)(=O)c1cc(CN2C(=O)c3cccnc3C2=O)ccc1OC. The Morgan fingerprint density at radius 3 is 2.55 bits per heavy atom. The third-order valence-electron chi connectivity index (χ3n) is 5.57. The van der Waals surface area contributed by atoms with Gasteiger partial charge >= 0.3 is 0 Å². The van der Waals surface area contributed by atoms with Crippen LogP contribution in [0.4, 0.5) is 5.69 Å². The number of benzene rings is 2. The Hall–Kier alpha value is -3.72. The van der Waals surface area contributed by atoms with Crippen LogP contribution in [0.15, 0.2) is 59.6 Å². The summed E-state index contributed by atoms with van der Waals surface area (Å²) in [5.41, 5.74) is 2.98. The predicted octanol–water partition coefficient (Wildman–Crippen LogP) is 3.56. The Balaban J connectivity index is 1.68. The number of carbonyl (C=O) groups is 2. The maximum Gasteiger partial charge on any atom is 0.280 e. The summed E-state index contributed by atoms with van der Waals surface area (Å²) in [6, 6.07) is 13.3. The van der Waals surface area contributed by atoms with Crippen LogP contribution in [0.1, 0.15) is 44.5 Å². The third kappa shape index (κ3) is 4.07. The minimum atomic E-state index is -4.02. The van der Waals surface area contributed by atoms with Gasteiger partial charge in [0.05, 0.1) is 24.9 Å². The number of pyridine rings is 1. The number of amides is 2. The fraction of sp³-hybridized carbons (Fsp3) is 0.208. The third-order valence-corrected chi connectivity index (χ3v) is 6.94. The van der Waals surface area contributed by atoms with E-state index in [0.717, 1.165) is 16.0 Å². The number of para-hydroxylation sites is 1. The van der Waals surface area contributed by atoms with E-state index in [4.69, 9.17) is 4.74 Å². The van der Waals surface area contributed by atoms with Gasteiger partial charge in [-0.15, -0.1) is 0 Å². The predicted molar refractivity (Wildman–Crippen MR) is 123 cm³/mol. The van der Waals surface area contributed by atoms with Crippen LogP contribution in [0, 0.1) is 6.92 Å². The number of carbonyl (C=O) groups excluding carboxylic acids is 2. The molecular formula is C24H23N3O5S. The highest BCUT2D eigenvalue weighted by molar-refractivity contribution is 7.92. The summed E-state index contributed by atoms with van der Waals surface area (Å²) in [4.78, 5) is 30.3. The Kier molecular flexibility index (Phi) is 5.90. The molecule has 170 valence electrons. The highest BCUT2D eigenvalue weighted by atomic mass is 32.2. The number of hydrogen-bond acceptors (Lipinski definition) is 6. The van der Waals surface area contributed by atoms with Gasteiger partial charge in [0.25, 0.3) is 21.8 Å². The molecule has 0 saturated heterocycles. The summed E-state index contributed by atoms with van der Waals surface area (Å²) in [5, 5.41) is 0. The molecular weight excluding hydrogens is 442 g/mol. The molecule has 0 fully saturated rings. The van der Waals surface area contributed by atoms with Crippen LogP contribution in [-0.4, -0.2) is 37.2 Å². The number of rotatable bonds is 7. The number of hydrogen-bond donors (Lipinski definition) is 1. The fourth-order valence-electron chi connectivity index (χ4n) is 3.83. The van der Waals surface area contributed by atoms with Crippen LogP contribution in [0.2, 0.25) is 0 Å². The van der Waals surface area contributed by atoms with E-state index in [0.29, 0.717) is 17.7 Å². The standard InChI is InChI=1S/C24H23N3O5S/c1-4-17-8-5-7-15(2)21(17)26-33(30,31)20-13-16(10-11-19(20)32-3)14-27-23(28)18-9-6-12-25-22(18)24(27)29/h5-13,26H,4,14H2,1-3H3. The average molecular weight is 466 g/mol. The first-order valence-corrected chi connectivity index (χ1v) is 11.8. The first-order valence-electron chi connectivity index (χ1n) is 10.4. The van der Waals surface area contributed by atoms with Gasteiger partial charge in [-0.2, -0.15) is 0 Å². The second-order valence-corrected chi connectivity index (χ2v) is 9.30. The second-order valence-electron chi connectivity index (χ2n) is 7.65. The van der Waals surface area contributed by atoms with Crippen LogP contribution in [0.25, 0.3) is 0 Å². The first-order chi connectivity index (χ1) is 15.8. The molecule has 0 atom stereocenters. The number of aromatic nitrogens is 1. The second kappa shape index (κ2) is 8.67. The van der Waals surface area contributed by atoms with Gasteiger partial charge in [-0.1, -0.05) is 31.2 Å². The van der Waals surface area contributed by atoms with Gasteiger partial charge in [0.2, 0.25) is 0 Å². The highest BCUT2D eigenvalue weighted by Crippen LogP contribution is 2.31. The topological polar surface area (TPSA) is 106 Å². The smallest absolute Gasteiger partial charge is 0.280 e. The molecule has 9 heteroatoms. The molecule has 33 heavy (non-hydrogen) atoms. The molecule has 1 aliphatic heterocycles. The molecule has 0 unspecified atom stereocenters. The number of nitrogens with one attached hydrogen (secondary N) is 1. The molecule has 0 bridgehead atoms. The van der Waals surface area contributed by atoms with Gasteiger partial charge in [-0.3, -0.25) is 24.2 Å². The lowest BCUT2D eigenvalue weighted by atomic mass is 10.1. The van der Waals surface area contributed by atoms with Gasteiger partial charge in [0.1, 0.15) is 16.3 Å². The fourth-order valence-corrected chi connectivity index (χ4v) is 5.22. The van der Waals surface area contributed by atoms with E-state index in [2.05, 4.69) is 9.71 Å². The minimum Gasteiger partial charge on any atom is -0.495 e. The molecule has 1 aromatic heterocycles. The van der Waals surface area contributed by atoms with Crippen molar-refractivity contribution in [1.29, 1.82) is 0 Å². The van der Waals surface area contributed by atoms with Crippen molar-refractivity contribution >= 4 is 27.5 Å². The van der Waals surface area contributed by atoms with Gasteiger partial charge in [-0.25, -0.2) is 8.42 Å². The summed E-state index contributed by atoms with van der Waals surface area (Å²) in [6.07, 6.45) is 2.11. The van der Waals surface area contributed by atoms with Crippen molar-refractivity contribution in [2.75, 3.05) is 11.8 Å². The molecule has 8 nitrogen and oxygen atoms in total. The molecule has 0 radical (unpaired) electrons. The summed E-state index contributed by atoms with van der Waals surface area (Å²) in [7, 11) is -2.64. The van der Waals surface area contributed by atoms with E-state index in [-0.39, 0.29) is 28.4 Å². The molecule has 2 heterocycles. The maximum absolute atomic E-state index is 13.3. The molecule has 2 aromatic carbocycles.